The van der Waals surface area contributed by atoms with Crippen LogP contribution in [0.5, 0.6) is 0 Å². The Kier molecular flexibility index (Phi) is 3.05. The van der Waals surface area contributed by atoms with Crippen LogP contribution in [0.1, 0.15) is 15.9 Å². The molecule has 0 aliphatic carbocycles. The minimum absolute atomic E-state index is 0.0376. The molecular weight excluding hydrogens is 270 g/mol. The zero-order valence-corrected chi connectivity index (χ0v) is 9.99. The van der Waals surface area contributed by atoms with E-state index < -0.39 is 0 Å². The highest BCUT2D eigenvalue weighted by Gasteiger charge is 2.12. The monoisotopic (exact) mass is 279 g/mol. The van der Waals surface area contributed by atoms with Gasteiger partial charge < -0.3 is 5.73 Å². The van der Waals surface area contributed by atoms with Crippen molar-refractivity contribution in [3.8, 4) is 0 Å². The maximum absolute atomic E-state index is 11.9. The Bertz CT molecular complexity index is 521. The summed E-state index contributed by atoms with van der Waals surface area (Å²) in [6.45, 7) is 0. The average molecular weight is 280 g/mol. The second kappa shape index (κ2) is 4.49. The van der Waals surface area contributed by atoms with Crippen molar-refractivity contribution in [2.45, 2.75) is 6.42 Å². The molecule has 0 bridgehead atoms. The fraction of sp³-hybridized carbons (Fsp3) is 0.0909. The lowest BCUT2D eigenvalue weighted by Crippen LogP contribution is -2.05. The minimum Gasteiger partial charge on any atom is -0.383 e. The van der Waals surface area contributed by atoms with Gasteiger partial charge in [-0.1, -0.05) is 28.1 Å². The summed E-state index contributed by atoms with van der Waals surface area (Å²) in [4.78, 5) is 11.9. The number of hydrogen-bond acceptors (Lipinski definition) is 3. The van der Waals surface area contributed by atoms with E-state index in [2.05, 4.69) is 26.1 Å². The second-order valence-electron chi connectivity index (χ2n) is 3.43. The molecule has 4 nitrogen and oxygen atoms in total. The summed E-state index contributed by atoms with van der Waals surface area (Å²) < 4.78 is 0.956. The van der Waals surface area contributed by atoms with Crippen LogP contribution in [-0.4, -0.2) is 16.0 Å². The lowest BCUT2D eigenvalue weighted by molar-refractivity contribution is 0.0994. The van der Waals surface area contributed by atoms with Crippen LogP contribution in [0.2, 0.25) is 0 Å². The Balaban J connectivity index is 2.17. The zero-order valence-electron chi connectivity index (χ0n) is 8.40. The third-order valence-corrected chi connectivity index (χ3v) is 2.72. The van der Waals surface area contributed by atoms with Crippen LogP contribution in [0.15, 0.2) is 34.9 Å². The molecule has 82 valence electrons. The fourth-order valence-corrected chi connectivity index (χ4v) is 1.89. The van der Waals surface area contributed by atoms with Gasteiger partial charge in [-0.2, -0.15) is 5.10 Å². The van der Waals surface area contributed by atoms with E-state index in [1.807, 2.05) is 24.3 Å². The van der Waals surface area contributed by atoms with Gasteiger partial charge in [-0.25, -0.2) is 0 Å². The maximum atomic E-state index is 11.9. The number of halogens is 1. The number of Topliss-reactive ketones (excluding diaryl/α,β-unsaturated/α-hetero) is 1. The number of nitrogens with zero attached hydrogens (tertiary/aromatic N) is 1. The number of anilines is 1. The number of benzene rings is 1. The Labute approximate surface area is 101 Å². The lowest BCUT2D eigenvalue weighted by Gasteiger charge is -2.00. The summed E-state index contributed by atoms with van der Waals surface area (Å²) >= 11 is 3.36. The Hall–Kier alpha value is -1.62. The van der Waals surface area contributed by atoms with E-state index in [-0.39, 0.29) is 5.78 Å². The third-order valence-electron chi connectivity index (χ3n) is 2.22. The van der Waals surface area contributed by atoms with Crippen molar-refractivity contribution in [2.24, 2.45) is 0 Å². The van der Waals surface area contributed by atoms with Crippen LogP contribution in [0.3, 0.4) is 0 Å². The van der Waals surface area contributed by atoms with Crippen LogP contribution < -0.4 is 5.73 Å². The quantitative estimate of drug-likeness (QED) is 0.846. The molecule has 3 N–H and O–H groups in total. The number of aromatic nitrogens is 2. The number of aromatic amines is 1. The molecule has 0 unspecified atom stereocenters. The van der Waals surface area contributed by atoms with Crippen LogP contribution in [0.25, 0.3) is 0 Å². The lowest BCUT2D eigenvalue weighted by atomic mass is 10.1. The van der Waals surface area contributed by atoms with Gasteiger partial charge in [0.25, 0.3) is 0 Å². The predicted molar refractivity (Wildman–Crippen MR) is 65.2 cm³/mol. The van der Waals surface area contributed by atoms with E-state index in [0.29, 0.717) is 17.8 Å². The van der Waals surface area contributed by atoms with E-state index in [4.69, 9.17) is 5.73 Å². The normalized spacial score (nSPS) is 10.3. The van der Waals surface area contributed by atoms with Gasteiger partial charge in [-0.05, 0) is 17.7 Å². The molecule has 0 saturated carbocycles. The first-order valence-electron chi connectivity index (χ1n) is 4.73. The van der Waals surface area contributed by atoms with Gasteiger partial charge in [0.15, 0.2) is 5.78 Å². The molecule has 1 aromatic carbocycles. The van der Waals surface area contributed by atoms with Gasteiger partial charge in [0, 0.05) is 10.9 Å². The number of H-pyrrole nitrogens is 1. The molecule has 16 heavy (non-hydrogen) atoms. The topological polar surface area (TPSA) is 71.8 Å². The number of carbonyl (C=O) groups is 1. The molecular formula is C11H10BrN3O. The summed E-state index contributed by atoms with van der Waals surface area (Å²) in [5.41, 5.74) is 6.97. The third kappa shape index (κ3) is 2.30. The molecule has 0 spiro atoms. The number of nitrogens with two attached hydrogens (primary N) is 1. The van der Waals surface area contributed by atoms with Crippen molar-refractivity contribution in [1.82, 2.24) is 10.2 Å². The number of hydrogen-bond donors (Lipinski definition) is 2. The fourth-order valence-electron chi connectivity index (χ4n) is 1.45. The SMILES string of the molecule is Nc1[nH]ncc1C(=O)Cc1cccc(Br)c1. The standard InChI is InChI=1S/C11H10BrN3O/c12-8-3-1-2-7(4-8)5-10(16)9-6-14-15-11(9)13/h1-4,6H,5H2,(H3,13,14,15). The van der Waals surface area contributed by atoms with Gasteiger partial charge in [0.1, 0.15) is 5.82 Å². The van der Waals surface area contributed by atoms with Crippen molar-refractivity contribution in [1.29, 1.82) is 0 Å². The Morgan fingerprint density at radius 2 is 2.31 bits per heavy atom. The molecule has 1 heterocycles. The van der Waals surface area contributed by atoms with Crippen molar-refractivity contribution in [3.63, 3.8) is 0 Å². The van der Waals surface area contributed by atoms with Crippen molar-refractivity contribution in [3.05, 3.63) is 46.1 Å². The highest BCUT2D eigenvalue weighted by atomic mass is 79.9. The van der Waals surface area contributed by atoms with E-state index in [9.17, 15) is 4.79 Å². The van der Waals surface area contributed by atoms with E-state index in [0.717, 1.165) is 10.0 Å². The highest BCUT2D eigenvalue weighted by molar-refractivity contribution is 9.10. The molecule has 0 amide bonds. The van der Waals surface area contributed by atoms with Crippen LogP contribution >= 0.6 is 15.9 Å². The van der Waals surface area contributed by atoms with Crippen LogP contribution in [0.4, 0.5) is 5.82 Å². The van der Waals surface area contributed by atoms with Gasteiger partial charge in [-0.3, -0.25) is 9.89 Å². The minimum atomic E-state index is -0.0376. The predicted octanol–water partition coefficient (Wildman–Crippen LogP) is 2.18. The Morgan fingerprint density at radius 1 is 1.50 bits per heavy atom. The average Bonchev–Trinajstić information content (AvgIpc) is 2.64. The first kappa shape index (κ1) is 10.9. The molecule has 0 aliphatic heterocycles. The number of nitrogen functional groups attached to an aromatic ring is 1. The molecule has 0 saturated heterocycles. The van der Waals surface area contributed by atoms with E-state index in [1.165, 1.54) is 6.20 Å². The van der Waals surface area contributed by atoms with Gasteiger partial charge in [0.05, 0.1) is 11.8 Å². The summed E-state index contributed by atoms with van der Waals surface area (Å²) in [6.07, 6.45) is 1.78. The molecule has 1 aromatic heterocycles. The highest BCUT2D eigenvalue weighted by Crippen LogP contribution is 2.15. The van der Waals surface area contributed by atoms with Gasteiger partial charge in [0.2, 0.25) is 0 Å². The number of ketones is 1. The molecule has 0 atom stereocenters. The van der Waals surface area contributed by atoms with Crippen molar-refractivity contribution >= 4 is 27.5 Å². The van der Waals surface area contributed by atoms with Crippen molar-refractivity contribution < 1.29 is 4.79 Å². The zero-order chi connectivity index (χ0) is 11.5. The number of nitrogens with one attached hydrogen (secondary N) is 1. The van der Waals surface area contributed by atoms with E-state index in [1.54, 1.807) is 0 Å². The summed E-state index contributed by atoms with van der Waals surface area (Å²) in [7, 11) is 0. The summed E-state index contributed by atoms with van der Waals surface area (Å²) in [5, 5.41) is 6.27. The number of carbonyl (C=O) groups excluding carboxylic acids is 1. The van der Waals surface area contributed by atoms with Gasteiger partial charge >= 0.3 is 0 Å². The molecule has 2 rings (SSSR count). The van der Waals surface area contributed by atoms with Gasteiger partial charge in [-0.15, -0.1) is 0 Å². The molecule has 0 radical (unpaired) electrons. The number of rotatable bonds is 3. The summed E-state index contributed by atoms with van der Waals surface area (Å²) in [5.74, 6) is 0.282. The first-order valence-corrected chi connectivity index (χ1v) is 5.52. The maximum Gasteiger partial charge on any atom is 0.172 e. The van der Waals surface area contributed by atoms with Crippen LogP contribution in [0, 0.1) is 0 Å². The molecule has 0 fully saturated rings. The largest absolute Gasteiger partial charge is 0.383 e. The first-order chi connectivity index (χ1) is 7.66. The van der Waals surface area contributed by atoms with Crippen LogP contribution in [-0.2, 0) is 6.42 Å². The summed E-state index contributed by atoms with van der Waals surface area (Å²) in [6, 6.07) is 7.62. The second-order valence-corrected chi connectivity index (χ2v) is 4.34. The Morgan fingerprint density at radius 3 is 2.94 bits per heavy atom. The molecule has 2 aromatic rings. The molecule has 0 aliphatic rings. The molecule has 5 heteroatoms. The van der Waals surface area contributed by atoms with E-state index >= 15 is 0 Å². The smallest absolute Gasteiger partial charge is 0.172 e. The van der Waals surface area contributed by atoms with Crippen molar-refractivity contribution in [2.75, 3.05) is 5.73 Å².